The Labute approximate surface area is 92.1 Å². The van der Waals surface area contributed by atoms with Crippen LogP contribution in [0, 0.1) is 13.8 Å². The summed E-state index contributed by atoms with van der Waals surface area (Å²) in [5.41, 5.74) is 2.92. The highest BCUT2D eigenvalue weighted by molar-refractivity contribution is 5.24. The first-order chi connectivity index (χ1) is 6.91. The van der Waals surface area contributed by atoms with Crippen LogP contribution in [-0.4, -0.2) is 20.5 Å². The molecule has 1 aromatic heterocycles. The molecule has 3 heteroatoms. The maximum Gasteiger partial charge on any atom is 0.0812 e. The molecule has 0 fully saturated rings. The SMILES string of the molecule is CCc1c(C)nn(CC(C)(O)CC)c1C. The summed E-state index contributed by atoms with van der Waals surface area (Å²) in [5, 5.41) is 14.5. The standard InChI is InChI=1S/C12H22N2O/c1-6-11-9(3)13-14(10(11)4)8-12(5,15)7-2/h15H,6-8H2,1-5H3. The third kappa shape index (κ3) is 2.59. The van der Waals surface area contributed by atoms with E-state index in [4.69, 9.17) is 0 Å². The van der Waals surface area contributed by atoms with Gasteiger partial charge in [-0.3, -0.25) is 4.68 Å². The second-order valence-electron chi connectivity index (χ2n) is 4.51. The molecule has 0 saturated carbocycles. The van der Waals surface area contributed by atoms with Crippen molar-refractivity contribution < 1.29 is 5.11 Å². The van der Waals surface area contributed by atoms with E-state index in [2.05, 4.69) is 18.9 Å². The number of aliphatic hydroxyl groups is 1. The zero-order valence-electron chi connectivity index (χ0n) is 10.5. The van der Waals surface area contributed by atoms with E-state index < -0.39 is 5.60 Å². The van der Waals surface area contributed by atoms with Crippen molar-refractivity contribution in [2.45, 2.75) is 59.6 Å². The Hall–Kier alpha value is -0.830. The number of hydrogen-bond donors (Lipinski definition) is 1. The van der Waals surface area contributed by atoms with E-state index in [9.17, 15) is 5.11 Å². The van der Waals surface area contributed by atoms with Crippen LogP contribution in [0.5, 0.6) is 0 Å². The molecule has 1 heterocycles. The average Bonchev–Trinajstić information content (AvgIpc) is 2.41. The van der Waals surface area contributed by atoms with Gasteiger partial charge in [0.1, 0.15) is 0 Å². The van der Waals surface area contributed by atoms with Gasteiger partial charge in [0.2, 0.25) is 0 Å². The van der Waals surface area contributed by atoms with Gasteiger partial charge in [-0.2, -0.15) is 5.10 Å². The lowest BCUT2D eigenvalue weighted by atomic mass is 10.0. The Kier molecular flexibility index (Phi) is 3.55. The summed E-state index contributed by atoms with van der Waals surface area (Å²) in [6.45, 7) is 10.7. The lowest BCUT2D eigenvalue weighted by molar-refractivity contribution is 0.0338. The number of hydrogen-bond acceptors (Lipinski definition) is 2. The van der Waals surface area contributed by atoms with Crippen LogP contribution in [0.3, 0.4) is 0 Å². The second kappa shape index (κ2) is 4.35. The van der Waals surface area contributed by atoms with Gasteiger partial charge in [-0.15, -0.1) is 0 Å². The van der Waals surface area contributed by atoms with Gasteiger partial charge in [0.15, 0.2) is 0 Å². The minimum absolute atomic E-state index is 0.580. The summed E-state index contributed by atoms with van der Waals surface area (Å²) in [7, 11) is 0. The maximum absolute atomic E-state index is 10.0. The van der Waals surface area contributed by atoms with Crippen molar-refractivity contribution in [3.8, 4) is 0 Å². The molecule has 1 aromatic rings. The minimum Gasteiger partial charge on any atom is -0.388 e. The van der Waals surface area contributed by atoms with Gasteiger partial charge in [0.25, 0.3) is 0 Å². The van der Waals surface area contributed by atoms with Crippen LogP contribution in [0.25, 0.3) is 0 Å². The molecule has 1 N–H and O–H groups in total. The van der Waals surface area contributed by atoms with Crippen LogP contribution in [-0.2, 0) is 13.0 Å². The van der Waals surface area contributed by atoms with Crippen molar-refractivity contribution in [2.75, 3.05) is 0 Å². The molecule has 1 rings (SSSR count). The van der Waals surface area contributed by atoms with Crippen LogP contribution >= 0.6 is 0 Å². The van der Waals surface area contributed by atoms with Crippen LogP contribution in [0.1, 0.15) is 44.1 Å². The summed E-state index contributed by atoms with van der Waals surface area (Å²) in [6, 6.07) is 0. The highest BCUT2D eigenvalue weighted by Gasteiger charge is 2.21. The Balaban J connectivity index is 2.97. The van der Waals surface area contributed by atoms with Crippen molar-refractivity contribution in [1.82, 2.24) is 9.78 Å². The maximum atomic E-state index is 10.0. The van der Waals surface area contributed by atoms with Crippen LogP contribution in [0.2, 0.25) is 0 Å². The largest absolute Gasteiger partial charge is 0.388 e. The smallest absolute Gasteiger partial charge is 0.0812 e. The van der Waals surface area contributed by atoms with Crippen molar-refractivity contribution in [3.05, 3.63) is 17.0 Å². The monoisotopic (exact) mass is 210 g/mol. The molecule has 86 valence electrons. The Morgan fingerprint density at radius 1 is 1.33 bits per heavy atom. The van der Waals surface area contributed by atoms with E-state index in [0.717, 1.165) is 18.5 Å². The summed E-state index contributed by atoms with van der Waals surface area (Å²) in [5.74, 6) is 0. The predicted molar refractivity (Wildman–Crippen MR) is 62.0 cm³/mol. The Morgan fingerprint density at radius 3 is 2.33 bits per heavy atom. The van der Waals surface area contributed by atoms with Crippen molar-refractivity contribution in [2.24, 2.45) is 0 Å². The molecule has 0 aliphatic heterocycles. The quantitative estimate of drug-likeness (QED) is 0.827. The molecule has 0 amide bonds. The van der Waals surface area contributed by atoms with Gasteiger partial charge in [-0.1, -0.05) is 13.8 Å². The fraction of sp³-hybridized carbons (Fsp3) is 0.750. The van der Waals surface area contributed by atoms with Crippen molar-refractivity contribution in [1.29, 1.82) is 0 Å². The summed E-state index contributed by atoms with van der Waals surface area (Å²) >= 11 is 0. The van der Waals surface area contributed by atoms with E-state index in [1.165, 1.54) is 11.3 Å². The molecule has 3 nitrogen and oxygen atoms in total. The molecule has 0 bridgehead atoms. The highest BCUT2D eigenvalue weighted by Crippen LogP contribution is 2.18. The number of nitrogens with zero attached hydrogens (tertiary/aromatic N) is 2. The van der Waals surface area contributed by atoms with E-state index in [-0.39, 0.29) is 0 Å². The molecule has 0 saturated heterocycles. The zero-order chi connectivity index (χ0) is 11.6. The number of aromatic nitrogens is 2. The lowest BCUT2D eigenvalue weighted by Gasteiger charge is -2.21. The van der Waals surface area contributed by atoms with Gasteiger partial charge in [0, 0.05) is 5.69 Å². The van der Waals surface area contributed by atoms with Gasteiger partial charge in [-0.05, 0) is 39.2 Å². The molecule has 0 aromatic carbocycles. The highest BCUT2D eigenvalue weighted by atomic mass is 16.3. The third-order valence-electron chi connectivity index (χ3n) is 3.14. The third-order valence-corrected chi connectivity index (χ3v) is 3.14. The Bertz CT molecular complexity index is 340. The molecule has 0 spiro atoms. The second-order valence-corrected chi connectivity index (χ2v) is 4.51. The van der Waals surface area contributed by atoms with Crippen LogP contribution in [0.4, 0.5) is 0 Å². The van der Waals surface area contributed by atoms with E-state index >= 15 is 0 Å². The van der Waals surface area contributed by atoms with Crippen LogP contribution < -0.4 is 0 Å². The van der Waals surface area contributed by atoms with E-state index in [1.807, 2.05) is 25.5 Å². The average molecular weight is 210 g/mol. The van der Waals surface area contributed by atoms with Gasteiger partial charge in [0.05, 0.1) is 17.8 Å². The molecule has 1 unspecified atom stereocenters. The van der Waals surface area contributed by atoms with E-state index in [0.29, 0.717) is 6.54 Å². The lowest BCUT2D eigenvalue weighted by Crippen LogP contribution is -2.30. The predicted octanol–water partition coefficient (Wildman–Crippen LogP) is 2.22. The molecule has 0 radical (unpaired) electrons. The van der Waals surface area contributed by atoms with Crippen molar-refractivity contribution >= 4 is 0 Å². The van der Waals surface area contributed by atoms with Gasteiger partial charge >= 0.3 is 0 Å². The molecule has 15 heavy (non-hydrogen) atoms. The summed E-state index contributed by atoms with van der Waals surface area (Å²) in [4.78, 5) is 0. The number of rotatable bonds is 4. The first-order valence-corrected chi connectivity index (χ1v) is 5.66. The molecular formula is C12H22N2O. The van der Waals surface area contributed by atoms with Gasteiger partial charge < -0.3 is 5.11 Å². The first kappa shape index (κ1) is 12.2. The normalized spacial score (nSPS) is 15.3. The van der Waals surface area contributed by atoms with Crippen molar-refractivity contribution in [3.63, 3.8) is 0 Å². The minimum atomic E-state index is -0.659. The number of aryl methyl sites for hydroxylation is 1. The molecular weight excluding hydrogens is 188 g/mol. The van der Waals surface area contributed by atoms with Crippen LogP contribution in [0.15, 0.2) is 0 Å². The Morgan fingerprint density at radius 2 is 1.93 bits per heavy atom. The van der Waals surface area contributed by atoms with Gasteiger partial charge in [-0.25, -0.2) is 0 Å². The summed E-state index contributed by atoms with van der Waals surface area (Å²) in [6.07, 6.45) is 1.75. The first-order valence-electron chi connectivity index (χ1n) is 5.66. The zero-order valence-corrected chi connectivity index (χ0v) is 10.5. The van der Waals surface area contributed by atoms with E-state index in [1.54, 1.807) is 0 Å². The summed E-state index contributed by atoms with van der Waals surface area (Å²) < 4.78 is 1.93. The molecule has 0 aliphatic rings. The molecule has 1 atom stereocenters. The molecule has 0 aliphatic carbocycles. The fourth-order valence-corrected chi connectivity index (χ4v) is 1.83. The topological polar surface area (TPSA) is 38.0 Å². The fourth-order valence-electron chi connectivity index (χ4n) is 1.83.